The molecule has 7 heteroatoms. The third kappa shape index (κ3) is 4.40. The van der Waals surface area contributed by atoms with Crippen LogP contribution in [0.2, 0.25) is 10.0 Å². The normalized spacial score (nSPS) is 11.5. The van der Waals surface area contributed by atoms with Crippen LogP contribution in [0.5, 0.6) is 5.75 Å². The van der Waals surface area contributed by atoms with Crippen molar-refractivity contribution in [1.82, 2.24) is 0 Å². The molecule has 1 N–H and O–H groups in total. The maximum atomic E-state index is 12.1. The maximum absolute atomic E-state index is 12.1. The van der Waals surface area contributed by atoms with E-state index >= 15 is 0 Å². The molecule has 2 rings (SSSR count). The van der Waals surface area contributed by atoms with E-state index < -0.39 is 18.0 Å². The summed E-state index contributed by atoms with van der Waals surface area (Å²) in [5.41, 5.74) is 0.665. The van der Waals surface area contributed by atoms with Gasteiger partial charge >= 0.3 is 5.97 Å². The fourth-order valence-corrected chi connectivity index (χ4v) is 2.36. The molecule has 0 saturated heterocycles. The Balaban J connectivity index is 2.01. The Morgan fingerprint density at radius 2 is 1.79 bits per heavy atom. The number of esters is 1. The highest BCUT2D eigenvalue weighted by molar-refractivity contribution is 6.33. The van der Waals surface area contributed by atoms with Gasteiger partial charge in [0.2, 0.25) is 0 Å². The molecule has 1 atom stereocenters. The smallest absolute Gasteiger partial charge is 0.340 e. The Morgan fingerprint density at radius 3 is 2.42 bits per heavy atom. The molecular weight excluding hydrogens is 353 g/mol. The lowest BCUT2D eigenvalue weighted by Gasteiger charge is -2.14. The first-order valence-electron chi connectivity index (χ1n) is 7.02. The van der Waals surface area contributed by atoms with Gasteiger partial charge in [-0.2, -0.15) is 0 Å². The largest absolute Gasteiger partial charge is 0.495 e. The van der Waals surface area contributed by atoms with Crippen molar-refractivity contribution in [3.63, 3.8) is 0 Å². The summed E-state index contributed by atoms with van der Waals surface area (Å²) in [5.74, 6) is -0.666. The average Bonchev–Trinajstić information content (AvgIpc) is 2.55. The van der Waals surface area contributed by atoms with Gasteiger partial charge in [0, 0.05) is 5.69 Å². The number of methoxy groups -OCH3 is 1. The van der Waals surface area contributed by atoms with Gasteiger partial charge in [0.1, 0.15) is 5.75 Å². The van der Waals surface area contributed by atoms with Crippen LogP contribution in [-0.4, -0.2) is 25.1 Å². The topological polar surface area (TPSA) is 64.6 Å². The van der Waals surface area contributed by atoms with E-state index in [9.17, 15) is 9.59 Å². The molecule has 0 spiro atoms. The van der Waals surface area contributed by atoms with Crippen molar-refractivity contribution in [2.45, 2.75) is 13.0 Å². The lowest BCUT2D eigenvalue weighted by atomic mass is 10.2. The van der Waals surface area contributed by atoms with Crippen molar-refractivity contribution in [3.05, 3.63) is 58.1 Å². The van der Waals surface area contributed by atoms with Gasteiger partial charge in [-0.15, -0.1) is 0 Å². The third-order valence-electron chi connectivity index (χ3n) is 3.17. The van der Waals surface area contributed by atoms with Crippen molar-refractivity contribution >= 4 is 40.8 Å². The summed E-state index contributed by atoms with van der Waals surface area (Å²) in [5, 5.41) is 3.23. The average molecular weight is 368 g/mol. The predicted octanol–water partition coefficient (Wildman–Crippen LogP) is 4.19. The summed E-state index contributed by atoms with van der Waals surface area (Å²) in [4.78, 5) is 24.2. The van der Waals surface area contributed by atoms with E-state index in [1.54, 1.807) is 36.4 Å². The molecule has 5 nitrogen and oxygen atoms in total. The minimum atomic E-state index is -1.00. The van der Waals surface area contributed by atoms with Gasteiger partial charge in [0.25, 0.3) is 5.91 Å². The predicted molar refractivity (Wildman–Crippen MR) is 93.0 cm³/mol. The molecule has 0 bridgehead atoms. The van der Waals surface area contributed by atoms with Crippen LogP contribution in [0.3, 0.4) is 0 Å². The number of hydrogen-bond acceptors (Lipinski definition) is 4. The number of ether oxygens (including phenoxy) is 2. The molecule has 2 aromatic rings. The van der Waals surface area contributed by atoms with Crippen molar-refractivity contribution < 1.29 is 19.1 Å². The Hall–Kier alpha value is -2.24. The minimum absolute atomic E-state index is 0.200. The van der Waals surface area contributed by atoms with E-state index in [-0.39, 0.29) is 10.6 Å². The number of carbonyl (C=O) groups excluding carboxylic acids is 2. The summed E-state index contributed by atoms with van der Waals surface area (Å²) >= 11 is 11.9. The van der Waals surface area contributed by atoms with Crippen LogP contribution in [0, 0.1) is 0 Å². The van der Waals surface area contributed by atoms with Crippen LogP contribution in [0.4, 0.5) is 5.69 Å². The minimum Gasteiger partial charge on any atom is -0.495 e. The van der Waals surface area contributed by atoms with Crippen LogP contribution in [0.1, 0.15) is 17.3 Å². The number of halogens is 2. The SMILES string of the molecule is COc1ccc(NC(=O)[C@@H](C)OC(=O)c2ccccc2Cl)cc1Cl. The van der Waals surface area contributed by atoms with Crippen LogP contribution < -0.4 is 10.1 Å². The maximum Gasteiger partial charge on any atom is 0.340 e. The van der Waals surface area contributed by atoms with E-state index in [1.165, 1.54) is 20.1 Å². The summed E-state index contributed by atoms with van der Waals surface area (Å²) < 4.78 is 10.2. The first kappa shape index (κ1) is 18.1. The van der Waals surface area contributed by atoms with Gasteiger partial charge in [-0.25, -0.2) is 4.79 Å². The third-order valence-corrected chi connectivity index (χ3v) is 3.79. The van der Waals surface area contributed by atoms with Crippen LogP contribution in [-0.2, 0) is 9.53 Å². The van der Waals surface area contributed by atoms with Gasteiger partial charge in [0.05, 0.1) is 22.7 Å². The molecule has 0 aliphatic carbocycles. The number of amides is 1. The van der Waals surface area contributed by atoms with E-state index in [1.807, 2.05) is 0 Å². The second kappa shape index (κ2) is 8.04. The summed E-state index contributed by atoms with van der Waals surface area (Å²) in [6.45, 7) is 1.47. The molecule has 24 heavy (non-hydrogen) atoms. The van der Waals surface area contributed by atoms with Crippen molar-refractivity contribution in [2.24, 2.45) is 0 Å². The summed E-state index contributed by atoms with van der Waals surface area (Å²) in [6, 6.07) is 11.3. The Bertz CT molecular complexity index is 764. The molecule has 0 aliphatic rings. The Kier molecular flexibility index (Phi) is 6.06. The molecule has 0 fully saturated rings. The standard InChI is InChI=1S/C17H15Cl2NO4/c1-10(24-17(22)12-5-3-4-6-13(12)18)16(21)20-11-7-8-15(23-2)14(19)9-11/h3-10H,1-2H3,(H,20,21)/t10-/m1/s1. The highest BCUT2D eigenvalue weighted by Gasteiger charge is 2.20. The number of hydrogen-bond donors (Lipinski definition) is 1. The number of anilines is 1. The zero-order valence-corrected chi connectivity index (χ0v) is 14.5. The zero-order chi connectivity index (χ0) is 17.7. The first-order chi connectivity index (χ1) is 11.4. The van der Waals surface area contributed by atoms with E-state index in [2.05, 4.69) is 5.32 Å². The molecular formula is C17H15Cl2NO4. The van der Waals surface area contributed by atoms with E-state index in [0.29, 0.717) is 16.5 Å². The fourth-order valence-electron chi connectivity index (χ4n) is 1.89. The van der Waals surface area contributed by atoms with Gasteiger partial charge < -0.3 is 14.8 Å². The number of benzene rings is 2. The van der Waals surface area contributed by atoms with Crippen molar-refractivity contribution in [2.75, 3.05) is 12.4 Å². The molecule has 0 saturated carbocycles. The number of rotatable bonds is 5. The van der Waals surface area contributed by atoms with Gasteiger partial charge in [0.15, 0.2) is 6.10 Å². The zero-order valence-electron chi connectivity index (χ0n) is 13.0. The van der Waals surface area contributed by atoms with Gasteiger partial charge in [-0.1, -0.05) is 35.3 Å². The quantitative estimate of drug-likeness (QED) is 0.804. The van der Waals surface area contributed by atoms with E-state index in [0.717, 1.165) is 0 Å². The molecule has 0 unspecified atom stereocenters. The molecule has 126 valence electrons. The molecule has 1 amide bonds. The lowest BCUT2D eigenvalue weighted by molar-refractivity contribution is -0.123. The molecule has 0 heterocycles. The lowest BCUT2D eigenvalue weighted by Crippen LogP contribution is -2.30. The monoisotopic (exact) mass is 367 g/mol. The van der Waals surface area contributed by atoms with Crippen LogP contribution in [0.25, 0.3) is 0 Å². The van der Waals surface area contributed by atoms with Crippen molar-refractivity contribution in [3.8, 4) is 5.75 Å². The Morgan fingerprint density at radius 1 is 1.08 bits per heavy atom. The highest BCUT2D eigenvalue weighted by atomic mass is 35.5. The van der Waals surface area contributed by atoms with Crippen LogP contribution >= 0.6 is 23.2 Å². The molecule has 0 aliphatic heterocycles. The highest BCUT2D eigenvalue weighted by Crippen LogP contribution is 2.27. The summed E-state index contributed by atoms with van der Waals surface area (Å²) in [6.07, 6.45) is -1.00. The van der Waals surface area contributed by atoms with Gasteiger partial charge in [-0.05, 0) is 37.3 Å². The number of carbonyl (C=O) groups is 2. The number of nitrogens with one attached hydrogen (secondary N) is 1. The van der Waals surface area contributed by atoms with E-state index in [4.69, 9.17) is 32.7 Å². The summed E-state index contributed by atoms with van der Waals surface area (Å²) in [7, 11) is 1.50. The molecule has 0 aromatic heterocycles. The second-order valence-corrected chi connectivity index (χ2v) is 5.68. The first-order valence-corrected chi connectivity index (χ1v) is 7.78. The fraction of sp³-hybridized carbons (Fsp3) is 0.176. The Labute approximate surface area is 149 Å². The molecule has 0 radical (unpaired) electrons. The van der Waals surface area contributed by atoms with Crippen LogP contribution in [0.15, 0.2) is 42.5 Å². The second-order valence-electron chi connectivity index (χ2n) is 4.87. The van der Waals surface area contributed by atoms with Gasteiger partial charge in [-0.3, -0.25) is 4.79 Å². The molecule has 2 aromatic carbocycles. The van der Waals surface area contributed by atoms with Crippen molar-refractivity contribution in [1.29, 1.82) is 0 Å².